The molecule has 0 aliphatic rings. The van der Waals surface area contributed by atoms with Crippen molar-refractivity contribution in [3.05, 3.63) is 72.9 Å². The lowest BCUT2D eigenvalue weighted by molar-refractivity contribution is -0.123. The molecular formula is C65H119NO3. The van der Waals surface area contributed by atoms with E-state index < -0.39 is 12.1 Å². The summed E-state index contributed by atoms with van der Waals surface area (Å²) < 4.78 is 0. The van der Waals surface area contributed by atoms with Crippen molar-refractivity contribution < 1.29 is 15.0 Å². The monoisotopic (exact) mass is 962 g/mol. The Balaban J connectivity index is 3.46. The van der Waals surface area contributed by atoms with Gasteiger partial charge in [0.05, 0.1) is 18.8 Å². The predicted octanol–water partition coefficient (Wildman–Crippen LogP) is 20.5. The fourth-order valence-electron chi connectivity index (χ4n) is 9.37. The van der Waals surface area contributed by atoms with Crippen molar-refractivity contribution >= 4 is 5.91 Å². The lowest BCUT2D eigenvalue weighted by Gasteiger charge is -2.22. The maximum atomic E-state index is 12.5. The first kappa shape index (κ1) is 66.8. The lowest BCUT2D eigenvalue weighted by Crippen LogP contribution is -2.45. The van der Waals surface area contributed by atoms with Gasteiger partial charge in [0.2, 0.25) is 5.91 Å². The van der Waals surface area contributed by atoms with Crippen LogP contribution < -0.4 is 5.32 Å². The molecule has 0 radical (unpaired) electrons. The van der Waals surface area contributed by atoms with E-state index >= 15 is 0 Å². The van der Waals surface area contributed by atoms with E-state index in [1.165, 1.54) is 225 Å². The van der Waals surface area contributed by atoms with Crippen LogP contribution in [-0.4, -0.2) is 34.9 Å². The van der Waals surface area contributed by atoms with Gasteiger partial charge in [-0.15, -0.1) is 0 Å². The van der Waals surface area contributed by atoms with E-state index in [1.54, 1.807) is 0 Å². The summed E-state index contributed by atoms with van der Waals surface area (Å²) in [6.07, 6.45) is 86.2. The van der Waals surface area contributed by atoms with Crippen molar-refractivity contribution in [2.24, 2.45) is 0 Å². The van der Waals surface area contributed by atoms with E-state index in [0.717, 1.165) is 64.2 Å². The number of aliphatic hydroxyl groups is 2. The number of amides is 1. The molecule has 1 amide bonds. The van der Waals surface area contributed by atoms with Gasteiger partial charge in [-0.3, -0.25) is 4.79 Å². The first-order valence-corrected chi connectivity index (χ1v) is 30.6. The van der Waals surface area contributed by atoms with Crippen LogP contribution in [0.2, 0.25) is 0 Å². The summed E-state index contributed by atoms with van der Waals surface area (Å²) >= 11 is 0. The van der Waals surface area contributed by atoms with E-state index in [-0.39, 0.29) is 12.5 Å². The first-order chi connectivity index (χ1) is 34.2. The molecule has 0 heterocycles. The molecule has 2 unspecified atom stereocenters. The number of carbonyl (C=O) groups is 1. The Morgan fingerprint density at radius 2 is 0.638 bits per heavy atom. The van der Waals surface area contributed by atoms with Crippen LogP contribution in [0.3, 0.4) is 0 Å². The van der Waals surface area contributed by atoms with E-state index in [1.807, 2.05) is 0 Å². The lowest BCUT2D eigenvalue weighted by atomic mass is 10.0. The normalized spacial score (nSPS) is 13.3. The minimum Gasteiger partial charge on any atom is -0.394 e. The zero-order valence-corrected chi connectivity index (χ0v) is 46.3. The van der Waals surface area contributed by atoms with Gasteiger partial charge in [0.1, 0.15) is 0 Å². The Labute approximate surface area is 431 Å². The van der Waals surface area contributed by atoms with Gasteiger partial charge in [-0.25, -0.2) is 0 Å². The Morgan fingerprint density at radius 1 is 0.362 bits per heavy atom. The zero-order valence-electron chi connectivity index (χ0n) is 46.3. The van der Waals surface area contributed by atoms with E-state index in [4.69, 9.17) is 0 Å². The van der Waals surface area contributed by atoms with E-state index in [9.17, 15) is 15.0 Å². The third-order valence-electron chi connectivity index (χ3n) is 14.0. The van der Waals surface area contributed by atoms with Gasteiger partial charge in [-0.1, -0.05) is 318 Å². The molecule has 0 aromatic rings. The third-order valence-corrected chi connectivity index (χ3v) is 14.0. The van der Waals surface area contributed by atoms with Crippen molar-refractivity contribution in [1.29, 1.82) is 0 Å². The minimum absolute atomic E-state index is 0.0287. The number of nitrogens with one attached hydrogen (secondary N) is 1. The molecule has 0 saturated carbocycles. The molecule has 3 N–H and O–H groups in total. The first-order valence-electron chi connectivity index (χ1n) is 30.6. The van der Waals surface area contributed by atoms with Crippen LogP contribution in [0, 0.1) is 0 Å². The quantitative estimate of drug-likeness (QED) is 0.0420. The predicted molar refractivity (Wildman–Crippen MR) is 308 cm³/mol. The van der Waals surface area contributed by atoms with Crippen LogP contribution in [0.1, 0.15) is 316 Å². The molecule has 0 fully saturated rings. The average Bonchev–Trinajstić information content (AvgIpc) is 3.35. The minimum atomic E-state index is -0.662. The van der Waals surface area contributed by atoms with Crippen LogP contribution in [0.4, 0.5) is 0 Å². The van der Waals surface area contributed by atoms with E-state index in [0.29, 0.717) is 12.8 Å². The standard InChI is InChI=1S/C65H119NO3/c1-3-5-7-9-11-13-15-17-19-21-23-25-27-28-29-30-31-32-33-34-35-36-37-38-39-41-43-45-47-49-51-53-55-57-59-61-65(69)66-63(62-67)64(68)60-58-56-54-52-50-48-46-44-42-40-26-24-22-20-18-16-14-12-10-8-6-4-2/h5,7,11,13,17,19,23,25,28-29,31-32,63-64,67-68H,3-4,6,8-10,12,14-16,18,20-22,24,26-27,30,33-62H2,1-2H3,(H,66,69)/b7-5-,13-11-,19-17-,25-23-,29-28-,32-31-. The Kier molecular flexibility index (Phi) is 58.2. The van der Waals surface area contributed by atoms with Crippen molar-refractivity contribution in [3.63, 3.8) is 0 Å². The second kappa shape index (κ2) is 60.1. The number of rotatable bonds is 56. The number of aliphatic hydroxyl groups excluding tert-OH is 2. The van der Waals surface area contributed by atoms with Crippen LogP contribution in [-0.2, 0) is 4.79 Å². The van der Waals surface area contributed by atoms with Gasteiger partial charge in [0.25, 0.3) is 0 Å². The van der Waals surface area contributed by atoms with Crippen molar-refractivity contribution in [2.75, 3.05) is 6.61 Å². The smallest absolute Gasteiger partial charge is 0.220 e. The molecule has 0 spiro atoms. The maximum absolute atomic E-state index is 12.5. The summed E-state index contributed by atoms with van der Waals surface area (Å²) in [5.41, 5.74) is 0. The molecule has 0 aromatic heterocycles. The Morgan fingerprint density at radius 3 is 0.957 bits per heavy atom. The highest BCUT2D eigenvalue weighted by Crippen LogP contribution is 2.18. The number of unbranched alkanes of at least 4 members (excludes halogenated alkanes) is 37. The summed E-state index contributed by atoms with van der Waals surface area (Å²) in [5.74, 6) is -0.0287. The fourth-order valence-corrected chi connectivity index (χ4v) is 9.37. The highest BCUT2D eigenvalue weighted by molar-refractivity contribution is 5.76. The van der Waals surface area contributed by atoms with Gasteiger partial charge in [-0.2, -0.15) is 0 Å². The van der Waals surface area contributed by atoms with Crippen LogP contribution in [0.15, 0.2) is 72.9 Å². The largest absolute Gasteiger partial charge is 0.394 e. The average molecular weight is 963 g/mol. The molecule has 0 saturated heterocycles. The summed E-state index contributed by atoms with van der Waals surface area (Å²) in [4.78, 5) is 12.5. The number of carbonyl (C=O) groups excluding carboxylic acids is 1. The van der Waals surface area contributed by atoms with Crippen LogP contribution in [0.25, 0.3) is 0 Å². The number of allylic oxidation sites excluding steroid dienone is 12. The molecule has 0 aromatic carbocycles. The van der Waals surface area contributed by atoms with Gasteiger partial charge in [-0.05, 0) is 64.2 Å². The zero-order chi connectivity index (χ0) is 49.9. The van der Waals surface area contributed by atoms with Crippen LogP contribution in [0.5, 0.6) is 0 Å². The third kappa shape index (κ3) is 56.6. The topological polar surface area (TPSA) is 69.6 Å². The Bertz CT molecular complexity index is 1180. The highest BCUT2D eigenvalue weighted by Gasteiger charge is 2.20. The van der Waals surface area contributed by atoms with Gasteiger partial charge in [0.15, 0.2) is 0 Å². The van der Waals surface area contributed by atoms with Gasteiger partial charge >= 0.3 is 0 Å². The van der Waals surface area contributed by atoms with Gasteiger partial charge in [0, 0.05) is 6.42 Å². The number of hydrogen-bond donors (Lipinski definition) is 3. The summed E-state index contributed by atoms with van der Waals surface area (Å²) in [6, 6.07) is -0.539. The molecule has 4 heteroatoms. The summed E-state index contributed by atoms with van der Waals surface area (Å²) in [7, 11) is 0. The van der Waals surface area contributed by atoms with Crippen molar-refractivity contribution in [1.82, 2.24) is 5.32 Å². The van der Waals surface area contributed by atoms with Gasteiger partial charge < -0.3 is 15.5 Å². The molecule has 0 bridgehead atoms. The van der Waals surface area contributed by atoms with E-state index in [2.05, 4.69) is 92.1 Å². The molecule has 0 aliphatic heterocycles. The maximum Gasteiger partial charge on any atom is 0.220 e. The summed E-state index contributed by atoms with van der Waals surface area (Å²) in [5, 5.41) is 23.4. The second-order valence-corrected chi connectivity index (χ2v) is 20.7. The molecule has 69 heavy (non-hydrogen) atoms. The van der Waals surface area contributed by atoms with Crippen molar-refractivity contribution in [3.8, 4) is 0 Å². The molecule has 0 aliphatic carbocycles. The van der Waals surface area contributed by atoms with Crippen LogP contribution >= 0.6 is 0 Å². The molecular weight excluding hydrogens is 843 g/mol. The highest BCUT2D eigenvalue weighted by atomic mass is 16.3. The molecule has 0 rings (SSSR count). The fraction of sp³-hybridized carbons (Fsp3) is 0.800. The second-order valence-electron chi connectivity index (χ2n) is 20.7. The molecule has 402 valence electrons. The molecule has 4 nitrogen and oxygen atoms in total. The van der Waals surface area contributed by atoms with Crippen molar-refractivity contribution in [2.45, 2.75) is 328 Å². The number of hydrogen-bond acceptors (Lipinski definition) is 3. The molecule has 2 atom stereocenters. The SMILES string of the molecule is CC/C=C\C/C=C\C/C=C\C/C=C\C/C=C\C/C=C\CCCCCCCCCCCCCCCCCCC(=O)NC(CO)C(O)CCCCCCCCCCCCCCCCCCCCCCCC. The Hall–Kier alpha value is -2.17. The summed E-state index contributed by atoms with van der Waals surface area (Å²) in [6.45, 7) is 4.27.